The summed E-state index contributed by atoms with van der Waals surface area (Å²) in [7, 11) is 1.58. The summed E-state index contributed by atoms with van der Waals surface area (Å²) in [6, 6.07) is 16.7. The van der Waals surface area contributed by atoms with Crippen LogP contribution in [0.15, 0.2) is 70.7 Å². The standard InChI is InChI=1S/C27H19BrN2O6S/c1-34-17-6-7-18-21(13-17)37-27(29-18)30-23(14-3-2-4-16(28)11-14)22(25(32)26(30)33)24(31)15-5-8-19-20(12-15)36-10-9-35-19/h2-8,11-13,23,31H,9-10H2,1H3/b24-22+. The number of carbonyl (C=O) groups is 2. The molecule has 0 aliphatic carbocycles. The van der Waals surface area contributed by atoms with Crippen LogP contribution in [0.3, 0.4) is 0 Å². The number of amides is 1. The summed E-state index contributed by atoms with van der Waals surface area (Å²) >= 11 is 4.75. The number of thiazole rings is 1. The minimum atomic E-state index is -0.895. The number of hydrogen-bond donors (Lipinski definition) is 1. The van der Waals surface area contributed by atoms with E-state index < -0.39 is 17.7 Å². The molecule has 1 saturated heterocycles. The quantitative estimate of drug-likeness (QED) is 0.195. The maximum Gasteiger partial charge on any atom is 0.301 e. The Morgan fingerprint density at radius 2 is 1.89 bits per heavy atom. The fourth-order valence-electron chi connectivity index (χ4n) is 4.49. The van der Waals surface area contributed by atoms with E-state index in [1.54, 1.807) is 37.4 Å². The van der Waals surface area contributed by atoms with Crippen molar-refractivity contribution in [3.05, 3.63) is 81.8 Å². The minimum Gasteiger partial charge on any atom is -0.507 e. The zero-order chi connectivity index (χ0) is 25.7. The van der Waals surface area contributed by atoms with E-state index in [4.69, 9.17) is 14.2 Å². The van der Waals surface area contributed by atoms with Crippen molar-refractivity contribution < 1.29 is 28.9 Å². The molecule has 37 heavy (non-hydrogen) atoms. The number of halogens is 1. The second-order valence-electron chi connectivity index (χ2n) is 8.41. The molecular weight excluding hydrogens is 560 g/mol. The third kappa shape index (κ3) is 4.02. The largest absolute Gasteiger partial charge is 0.507 e. The van der Waals surface area contributed by atoms with Gasteiger partial charge in [-0.15, -0.1) is 0 Å². The molecule has 0 spiro atoms. The Hall–Kier alpha value is -3.89. The fraction of sp³-hybridized carbons (Fsp3) is 0.148. The summed E-state index contributed by atoms with van der Waals surface area (Å²) in [5.41, 5.74) is 1.62. The van der Waals surface area contributed by atoms with Crippen LogP contribution in [0.2, 0.25) is 0 Å². The Kier molecular flexibility index (Phi) is 5.85. The number of ketones is 1. The van der Waals surface area contributed by atoms with Gasteiger partial charge in [-0.1, -0.05) is 39.4 Å². The van der Waals surface area contributed by atoms with E-state index in [-0.39, 0.29) is 11.3 Å². The lowest BCUT2D eigenvalue weighted by molar-refractivity contribution is -0.132. The monoisotopic (exact) mass is 578 g/mol. The molecule has 186 valence electrons. The van der Waals surface area contributed by atoms with E-state index in [1.165, 1.54) is 16.2 Å². The highest BCUT2D eigenvalue weighted by Gasteiger charge is 2.48. The van der Waals surface area contributed by atoms with Crippen LogP contribution in [0, 0.1) is 0 Å². The van der Waals surface area contributed by atoms with Crippen molar-refractivity contribution in [2.24, 2.45) is 0 Å². The number of rotatable bonds is 4. The molecule has 1 atom stereocenters. The van der Waals surface area contributed by atoms with Gasteiger partial charge in [0.1, 0.15) is 24.7 Å². The van der Waals surface area contributed by atoms with Crippen molar-refractivity contribution >= 4 is 60.1 Å². The molecule has 3 aromatic carbocycles. The molecule has 0 saturated carbocycles. The van der Waals surface area contributed by atoms with Crippen LogP contribution >= 0.6 is 27.3 Å². The van der Waals surface area contributed by atoms with Crippen molar-refractivity contribution in [3.63, 3.8) is 0 Å². The molecule has 10 heteroatoms. The van der Waals surface area contributed by atoms with Gasteiger partial charge in [-0.25, -0.2) is 4.98 Å². The SMILES string of the molecule is COc1ccc2nc(N3C(=O)C(=O)/C(=C(/O)c4ccc5c(c4)OCCO5)C3c3cccc(Br)c3)sc2c1. The Morgan fingerprint density at radius 3 is 2.68 bits per heavy atom. The van der Waals surface area contributed by atoms with Gasteiger partial charge in [0.15, 0.2) is 16.6 Å². The summed E-state index contributed by atoms with van der Waals surface area (Å²) in [4.78, 5) is 32.9. The van der Waals surface area contributed by atoms with Gasteiger partial charge in [-0.05, 0) is 54.1 Å². The number of benzene rings is 3. The van der Waals surface area contributed by atoms with Crippen molar-refractivity contribution in [1.29, 1.82) is 0 Å². The number of ether oxygens (including phenoxy) is 3. The molecule has 1 aromatic heterocycles. The number of nitrogens with zero attached hydrogens (tertiary/aromatic N) is 2. The van der Waals surface area contributed by atoms with Crippen molar-refractivity contribution in [1.82, 2.24) is 4.98 Å². The zero-order valence-corrected chi connectivity index (χ0v) is 21.8. The smallest absolute Gasteiger partial charge is 0.301 e. The number of methoxy groups -OCH3 is 1. The molecule has 6 rings (SSSR count). The lowest BCUT2D eigenvalue weighted by Gasteiger charge is -2.23. The number of aliphatic hydroxyl groups is 1. The van der Waals surface area contributed by atoms with Gasteiger partial charge in [0.05, 0.1) is 28.9 Å². The fourth-order valence-corrected chi connectivity index (χ4v) is 5.93. The Labute approximate surface area is 223 Å². The van der Waals surface area contributed by atoms with E-state index in [0.717, 1.165) is 9.17 Å². The van der Waals surface area contributed by atoms with Crippen molar-refractivity contribution in [2.75, 3.05) is 25.2 Å². The molecule has 0 radical (unpaired) electrons. The van der Waals surface area contributed by atoms with Gasteiger partial charge in [0.2, 0.25) is 0 Å². The van der Waals surface area contributed by atoms with E-state index >= 15 is 0 Å². The first kappa shape index (κ1) is 23.5. The summed E-state index contributed by atoms with van der Waals surface area (Å²) in [5.74, 6) is -0.192. The minimum absolute atomic E-state index is 0.0309. The molecule has 8 nitrogen and oxygen atoms in total. The summed E-state index contributed by atoms with van der Waals surface area (Å²) < 4.78 is 18.1. The van der Waals surface area contributed by atoms with Gasteiger partial charge >= 0.3 is 5.91 Å². The molecular formula is C27H19BrN2O6S. The number of aromatic nitrogens is 1. The van der Waals surface area contributed by atoms with Crippen LogP contribution in [0.5, 0.6) is 17.2 Å². The molecule has 1 amide bonds. The molecule has 4 aromatic rings. The topological polar surface area (TPSA) is 98.2 Å². The van der Waals surface area contributed by atoms with Gasteiger partial charge in [-0.2, -0.15) is 0 Å². The zero-order valence-electron chi connectivity index (χ0n) is 19.4. The number of hydrogen-bond acceptors (Lipinski definition) is 8. The number of Topliss-reactive ketones (excluding diaryl/α,β-unsaturated/α-hetero) is 1. The van der Waals surface area contributed by atoms with Gasteiger partial charge in [0, 0.05) is 10.0 Å². The van der Waals surface area contributed by atoms with E-state index in [0.29, 0.717) is 52.2 Å². The number of carbonyl (C=O) groups excluding carboxylic acids is 2. The second kappa shape index (κ2) is 9.20. The Balaban J connectivity index is 1.53. The summed E-state index contributed by atoms with van der Waals surface area (Å²) in [5, 5.41) is 11.8. The number of fused-ring (bicyclic) bond motifs is 2. The average Bonchev–Trinajstić information content (AvgIpc) is 3.45. The van der Waals surface area contributed by atoms with Gasteiger partial charge in [0.25, 0.3) is 5.78 Å². The molecule has 1 unspecified atom stereocenters. The van der Waals surface area contributed by atoms with Crippen LogP contribution < -0.4 is 19.1 Å². The number of anilines is 1. The maximum absolute atomic E-state index is 13.5. The van der Waals surface area contributed by atoms with Crippen LogP contribution in [0.1, 0.15) is 17.2 Å². The first-order valence-corrected chi connectivity index (χ1v) is 13.0. The predicted octanol–water partition coefficient (Wildman–Crippen LogP) is 5.46. The summed E-state index contributed by atoms with van der Waals surface area (Å²) in [6.07, 6.45) is 0. The van der Waals surface area contributed by atoms with Gasteiger partial charge < -0.3 is 19.3 Å². The lowest BCUT2D eigenvalue weighted by atomic mass is 9.95. The summed E-state index contributed by atoms with van der Waals surface area (Å²) in [6.45, 7) is 0.808. The van der Waals surface area contributed by atoms with Crippen LogP contribution in [-0.4, -0.2) is 42.1 Å². The van der Waals surface area contributed by atoms with E-state index in [2.05, 4.69) is 20.9 Å². The number of aliphatic hydroxyl groups excluding tert-OH is 1. The van der Waals surface area contributed by atoms with Crippen LogP contribution in [-0.2, 0) is 9.59 Å². The normalized spacial score (nSPS) is 18.4. The molecule has 1 N–H and O–H groups in total. The highest BCUT2D eigenvalue weighted by atomic mass is 79.9. The van der Waals surface area contributed by atoms with Crippen LogP contribution in [0.4, 0.5) is 5.13 Å². The third-order valence-electron chi connectivity index (χ3n) is 6.21. The second-order valence-corrected chi connectivity index (χ2v) is 10.3. The van der Waals surface area contributed by atoms with Crippen molar-refractivity contribution in [3.8, 4) is 17.2 Å². The molecule has 3 heterocycles. The molecule has 2 aliphatic rings. The first-order chi connectivity index (χ1) is 17.9. The third-order valence-corrected chi connectivity index (χ3v) is 7.73. The van der Waals surface area contributed by atoms with Crippen LogP contribution in [0.25, 0.3) is 16.0 Å². The molecule has 1 fully saturated rings. The van der Waals surface area contributed by atoms with E-state index in [1.807, 2.05) is 30.3 Å². The Bertz CT molecular complexity index is 1610. The Morgan fingerprint density at radius 1 is 1.08 bits per heavy atom. The lowest BCUT2D eigenvalue weighted by Crippen LogP contribution is -2.29. The molecule has 0 bridgehead atoms. The highest BCUT2D eigenvalue weighted by molar-refractivity contribution is 9.10. The highest BCUT2D eigenvalue weighted by Crippen LogP contribution is 2.45. The first-order valence-electron chi connectivity index (χ1n) is 11.4. The average molecular weight is 579 g/mol. The predicted molar refractivity (Wildman–Crippen MR) is 143 cm³/mol. The van der Waals surface area contributed by atoms with E-state index in [9.17, 15) is 14.7 Å². The van der Waals surface area contributed by atoms with Gasteiger partial charge in [-0.3, -0.25) is 14.5 Å². The molecule has 2 aliphatic heterocycles. The van der Waals surface area contributed by atoms with Crippen molar-refractivity contribution in [2.45, 2.75) is 6.04 Å². The maximum atomic E-state index is 13.5.